The van der Waals surface area contributed by atoms with Crippen LogP contribution in [-0.2, 0) is 24.1 Å². The van der Waals surface area contributed by atoms with E-state index in [1.54, 1.807) is 0 Å². The average Bonchev–Trinajstić information content (AvgIpc) is 2.75. The summed E-state index contributed by atoms with van der Waals surface area (Å²) in [6.07, 6.45) is 2.94. The molecule has 0 aromatic heterocycles. The van der Waals surface area contributed by atoms with E-state index < -0.39 is 5.60 Å². The molecule has 0 saturated carbocycles. The van der Waals surface area contributed by atoms with Gasteiger partial charge in [0, 0.05) is 18.5 Å². The Bertz CT molecular complexity index is 974. The van der Waals surface area contributed by atoms with E-state index in [0.29, 0.717) is 25.7 Å². The Morgan fingerprint density at radius 3 is 1.94 bits per heavy atom. The minimum atomic E-state index is -0.816. The van der Waals surface area contributed by atoms with E-state index >= 15 is 0 Å². The number of benzene rings is 3. The molecule has 1 aliphatic heterocycles. The number of piperidine rings is 1. The molecular weight excluding hydrogens is 382 g/mol. The predicted octanol–water partition coefficient (Wildman–Crippen LogP) is 4.83. The fourth-order valence-electron chi connectivity index (χ4n) is 5.12. The molecule has 3 nitrogen and oxygen atoms in total. The molecule has 1 fully saturated rings. The van der Waals surface area contributed by atoms with E-state index in [9.17, 15) is 9.90 Å². The second-order valence-electron chi connectivity index (χ2n) is 8.95. The van der Waals surface area contributed by atoms with Gasteiger partial charge in [-0.2, -0.15) is 0 Å². The molecular formula is C28H31NO2. The van der Waals surface area contributed by atoms with Gasteiger partial charge in [-0.3, -0.25) is 4.79 Å². The highest BCUT2D eigenvalue weighted by Gasteiger charge is 2.43. The zero-order valence-corrected chi connectivity index (χ0v) is 18.2. The molecule has 3 heteroatoms. The smallest absolute Gasteiger partial charge is 0.227 e. The van der Waals surface area contributed by atoms with Crippen molar-refractivity contribution in [1.29, 1.82) is 0 Å². The Balaban J connectivity index is 1.58. The predicted molar refractivity (Wildman–Crippen MR) is 125 cm³/mol. The lowest BCUT2D eigenvalue weighted by molar-refractivity contribution is -0.144. The topological polar surface area (TPSA) is 40.5 Å². The summed E-state index contributed by atoms with van der Waals surface area (Å²) in [5, 5.41) is 11.6. The fourth-order valence-corrected chi connectivity index (χ4v) is 5.12. The number of hydrogen-bond acceptors (Lipinski definition) is 2. The van der Waals surface area contributed by atoms with Crippen molar-refractivity contribution in [2.75, 3.05) is 0 Å². The van der Waals surface area contributed by atoms with Crippen molar-refractivity contribution in [2.45, 2.75) is 56.7 Å². The Kier molecular flexibility index (Phi) is 6.53. The van der Waals surface area contributed by atoms with Gasteiger partial charge in [-0.05, 0) is 42.9 Å². The molecule has 1 aliphatic rings. The quantitative estimate of drug-likeness (QED) is 0.629. The second kappa shape index (κ2) is 9.49. The maximum atomic E-state index is 13.4. The molecule has 3 atom stereocenters. The number of likely N-dealkylation sites (tertiary alicyclic amines) is 1. The number of carbonyl (C=O) groups is 1. The molecule has 1 N–H and O–H groups in total. The van der Waals surface area contributed by atoms with Crippen molar-refractivity contribution < 1.29 is 9.90 Å². The molecule has 160 valence electrons. The van der Waals surface area contributed by atoms with Crippen LogP contribution < -0.4 is 0 Å². The third-order valence-electron chi connectivity index (χ3n) is 6.34. The highest BCUT2D eigenvalue weighted by Crippen LogP contribution is 2.35. The van der Waals surface area contributed by atoms with Gasteiger partial charge in [0.25, 0.3) is 0 Å². The highest BCUT2D eigenvalue weighted by atomic mass is 16.3. The first-order valence-electron chi connectivity index (χ1n) is 11.2. The van der Waals surface area contributed by atoms with Gasteiger partial charge < -0.3 is 10.0 Å². The van der Waals surface area contributed by atoms with Gasteiger partial charge in [-0.25, -0.2) is 0 Å². The summed E-state index contributed by atoms with van der Waals surface area (Å²) in [7, 11) is 0. The normalized spacial score (nSPS) is 23.5. The summed E-state index contributed by atoms with van der Waals surface area (Å²) in [6.45, 7) is 2.08. The summed E-state index contributed by atoms with van der Waals surface area (Å²) in [5.41, 5.74) is 2.55. The maximum absolute atomic E-state index is 13.4. The number of nitrogens with zero attached hydrogens (tertiary/aromatic N) is 1. The molecule has 0 spiro atoms. The van der Waals surface area contributed by atoms with E-state index in [1.165, 1.54) is 5.56 Å². The van der Waals surface area contributed by atoms with Crippen LogP contribution in [0, 0.1) is 0 Å². The third kappa shape index (κ3) is 5.42. The van der Waals surface area contributed by atoms with Crippen LogP contribution >= 0.6 is 0 Å². The first-order chi connectivity index (χ1) is 15.0. The Hall–Kier alpha value is -2.91. The minimum absolute atomic E-state index is 0.0209. The fraction of sp³-hybridized carbons (Fsp3) is 0.321. The van der Waals surface area contributed by atoms with E-state index in [4.69, 9.17) is 0 Å². The molecule has 0 bridgehead atoms. The Morgan fingerprint density at radius 1 is 0.839 bits per heavy atom. The van der Waals surface area contributed by atoms with E-state index in [2.05, 4.69) is 31.2 Å². The van der Waals surface area contributed by atoms with Crippen LogP contribution in [0.25, 0.3) is 0 Å². The van der Waals surface area contributed by atoms with Crippen LogP contribution in [-0.4, -0.2) is 33.6 Å². The summed E-state index contributed by atoms with van der Waals surface area (Å²) < 4.78 is 0. The van der Waals surface area contributed by atoms with Gasteiger partial charge in [0.05, 0.1) is 12.0 Å². The monoisotopic (exact) mass is 413 g/mol. The van der Waals surface area contributed by atoms with Crippen LogP contribution in [0.4, 0.5) is 0 Å². The lowest BCUT2D eigenvalue weighted by Crippen LogP contribution is -2.58. The molecule has 1 heterocycles. The molecule has 31 heavy (non-hydrogen) atoms. The number of rotatable bonds is 6. The number of aliphatic hydroxyl groups is 1. The average molecular weight is 414 g/mol. The molecule has 4 rings (SSSR count). The van der Waals surface area contributed by atoms with Crippen molar-refractivity contribution >= 4 is 5.91 Å². The largest absolute Gasteiger partial charge is 0.389 e. The SMILES string of the molecule is CC1CC(O)(Cc2ccccc2)CC(Cc2ccccc2)N1C(=O)Cc1ccccc1. The number of hydrogen-bond donors (Lipinski definition) is 1. The van der Waals surface area contributed by atoms with Crippen LogP contribution in [0.3, 0.4) is 0 Å². The molecule has 1 amide bonds. The Labute approximate surface area is 185 Å². The number of carbonyl (C=O) groups excluding carboxylic acids is 1. The highest BCUT2D eigenvalue weighted by molar-refractivity contribution is 5.79. The first-order valence-corrected chi connectivity index (χ1v) is 11.2. The summed E-state index contributed by atoms with van der Waals surface area (Å²) in [6, 6.07) is 30.3. The van der Waals surface area contributed by atoms with Crippen molar-refractivity contribution in [1.82, 2.24) is 4.90 Å². The Morgan fingerprint density at radius 2 is 1.35 bits per heavy atom. The lowest BCUT2D eigenvalue weighted by atomic mass is 9.77. The summed E-state index contributed by atoms with van der Waals surface area (Å²) in [4.78, 5) is 15.4. The first kappa shape index (κ1) is 21.3. The zero-order chi connectivity index (χ0) is 21.7. The van der Waals surface area contributed by atoms with Crippen LogP contribution in [0.15, 0.2) is 91.0 Å². The van der Waals surface area contributed by atoms with Gasteiger partial charge >= 0.3 is 0 Å². The van der Waals surface area contributed by atoms with Gasteiger partial charge in [0.15, 0.2) is 0 Å². The van der Waals surface area contributed by atoms with E-state index in [1.807, 2.05) is 71.6 Å². The van der Waals surface area contributed by atoms with Gasteiger partial charge in [-0.15, -0.1) is 0 Å². The van der Waals surface area contributed by atoms with E-state index in [-0.39, 0.29) is 18.0 Å². The molecule has 3 aromatic rings. The minimum Gasteiger partial charge on any atom is -0.389 e. The maximum Gasteiger partial charge on any atom is 0.227 e. The standard InChI is InChI=1S/C28H31NO2/c1-22-19-28(31,20-25-15-9-4-10-16-25)21-26(17-23-11-5-2-6-12-23)29(22)27(30)18-24-13-7-3-8-14-24/h2-16,22,26,31H,17-21H2,1H3. The van der Waals surface area contributed by atoms with Crippen molar-refractivity contribution in [3.05, 3.63) is 108 Å². The molecule has 3 unspecified atom stereocenters. The van der Waals surface area contributed by atoms with Crippen LogP contribution in [0.5, 0.6) is 0 Å². The van der Waals surface area contributed by atoms with Gasteiger partial charge in [0.1, 0.15) is 0 Å². The zero-order valence-electron chi connectivity index (χ0n) is 18.2. The van der Waals surface area contributed by atoms with Crippen molar-refractivity contribution in [3.63, 3.8) is 0 Å². The summed E-state index contributed by atoms with van der Waals surface area (Å²) in [5.74, 6) is 0.140. The molecule has 0 radical (unpaired) electrons. The van der Waals surface area contributed by atoms with Gasteiger partial charge in [-0.1, -0.05) is 91.0 Å². The van der Waals surface area contributed by atoms with Crippen molar-refractivity contribution in [2.24, 2.45) is 0 Å². The van der Waals surface area contributed by atoms with Crippen molar-refractivity contribution in [3.8, 4) is 0 Å². The molecule has 1 saturated heterocycles. The third-order valence-corrected chi connectivity index (χ3v) is 6.34. The van der Waals surface area contributed by atoms with E-state index in [0.717, 1.165) is 17.5 Å². The number of amides is 1. The summed E-state index contributed by atoms with van der Waals surface area (Å²) >= 11 is 0. The lowest BCUT2D eigenvalue weighted by Gasteiger charge is -2.48. The van der Waals surface area contributed by atoms with Crippen LogP contribution in [0.2, 0.25) is 0 Å². The van der Waals surface area contributed by atoms with Crippen LogP contribution in [0.1, 0.15) is 36.5 Å². The molecule has 0 aliphatic carbocycles. The van der Waals surface area contributed by atoms with Gasteiger partial charge in [0.2, 0.25) is 5.91 Å². The second-order valence-corrected chi connectivity index (χ2v) is 8.95. The molecule has 3 aromatic carbocycles.